The average molecular weight is 259 g/mol. The molecule has 1 saturated carbocycles. The zero-order chi connectivity index (χ0) is 12.6. The summed E-state index contributed by atoms with van der Waals surface area (Å²) in [6.07, 6.45) is 5.06. The van der Waals surface area contributed by atoms with Crippen molar-refractivity contribution >= 4 is 16.5 Å². The van der Waals surface area contributed by atoms with Gasteiger partial charge in [0.2, 0.25) is 0 Å². The van der Waals surface area contributed by atoms with Crippen LogP contribution in [0.25, 0.3) is 0 Å². The highest BCUT2D eigenvalue weighted by Crippen LogP contribution is 2.45. The molecule has 2 aromatic rings. The Morgan fingerprint density at radius 2 is 1.83 bits per heavy atom. The Kier molecular flexibility index (Phi) is 2.86. The first-order chi connectivity index (χ1) is 8.71. The Labute approximate surface area is 112 Å². The lowest BCUT2D eigenvalue weighted by Crippen LogP contribution is -2.30. The molecule has 1 fully saturated rings. The highest BCUT2D eigenvalue weighted by molar-refractivity contribution is 7.13. The van der Waals surface area contributed by atoms with Gasteiger partial charge < -0.3 is 0 Å². The van der Waals surface area contributed by atoms with Gasteiger partial charge in [-0.2, -0.15) is 0 Å². The molecule has 0 spiro atoms. The molecule has 94 valence electrons. The molecule has 0 unspecified atom stereocenters. The van der Waals surface area contributed by atoms with E-state index in [1.165, 1.54) is 42.5 Å². The number of thiazole rings is 1. The van der Waals surface area contributed by atoms with E-state index in [0.29, 0.717) is 0 Å². The Bertz CT molecular complexity index is 536. The van der Waals surface area contributed by atoms with Gasteiger partial charge in [0.15, 0.2) is 0 Å². The molecule has 3 rings (SSSR count). The van der Waals surface area contributed by atoms with Crippen molar-refractivity contribution < 1.29 is 4.98 Å². The van der Waals surface area contributed by atoms with Crippen LogP contribution in [0.15, 0.2) is 29.6 Å². The highest BCUT2D eigenvalue weighted by Gasteiger charge is 2.40. The van der Waals surface area contributed by atoms with E-state index >= 15 is 0 Å². The van der Waals surface area contributed by atoms with Crippen molar-refractivity contribution in [3.05, 3.63) is 46.5 Å². The van der Waals surface area contributed by atoms with Gasteiger partial charge in [-0.25, -0.2) is 4.98 Å². The van der Waals surface area contributed by atoms with E-state index in [9.17, 15) is 0 Å². The molecule has 1 aromatic heterocycles. The van der Waals surface area contributed by atoms with Crippen molar-refractivity contribution in [1.82, 2.24) is 0 Å². The van der Waals surface area contributed by atoms with Crippen LogP contribution in [0.3, 0.4) is 0 Å². The molecule has 0 amide bonds. The molecule has 0 aliphatic heterocycles. The van der Waals surface area contributed by atoms with Gasteiger partial charge in [0.05, 0.1) is 5.41 Å². The number of aromatic nitrogens is 1. The number of hydrogen-bond donors (Lipinski definition) is 1. The second-order valence-corrected chi connectivity index (χ2v) is 6.21. The van der Waals surface area contributed by atoms with Gasteiger partial charge in [-0.15, -0.1) is 0 Å². The topological polar surface area (TPSA) is 40.2 Å². The number of aryl methyl sites for hydroxylation is 1. The lowest BCUT2D eigenvalue weighted by Gasteiger charge is -2.26. The van der Waals surface area contributed by atoms with E-state index in [-0.39, 0.29) is 5.41 Å². The smallest absolute Gasteiger partial charge is 0.278 e. The minimum Gasteiger partial charge on any atom is -0.278 e. The predicted octanol–water partition coefficient (Wildman–Crippen LogP) is 3.31. The quantitative estimate of drug-likeness (QED) is 0.883. The third kappa shape index (κ3) is 1.83. The molecule has 0 saturated heterocycles. The molecule has 1 aliphatic rings. The van der Waals surface area contributed by atoms with Crippen LogP contribution in [-0.4, -0.2) is 0 Å². The lowest BCUT2D eigenvalue weighted by atomic mass is 9.76. The third-order valence-electron chi connectivity index (χ3n) is 4.14. The van der Waals surface area contributed by atoms with E-state index in [4.69, 9.17) is 5.73 Å². The summed E-state index contributed by atoms with van der Waals surface area (Å²) in [7, 11) is 0. The van der Waals surface area contributed by atoms with E-state index in [1.54, 1.807) is 11.3 Å². The summed E-state index contributed by atoms with van der Waals surface area (Å²) in [5.74, 6) is 0. The first-order valence-corrected chi connectivity index (χ1v) is 7.43. The molecule has 3 heteroatoms. The summed E-state index contributed by atoms with van der Waals surface area (Å²) in [5, 5.41) is 3.00. The van der Waals surface area contributed by atoms with Crippen LogP contribution in [0.5, 0.6) is 0 Å². The Balaban J connectivity index is 2.09. The van der Waals surface area contributed by atoms with Crippen molar-refractivity contribution in [2.24, 2.45) is 0 Å². The number of anilines is 1. The second-order valence-electron chi connectivity index (χ2n) is 5.29. The summed E-state index contributed by atoms with van der Waals surface area (Å²) in [5.41, 5.74) is 10.1. The van der Waals surface area contributed by atoms with Crippen molar-refractivity contribution in [3.63, 3.8) is 0 Å². The molecule has 1 heterocycles. The normalized spacial score (nSPS) is 18.1. The molecule has 3 N–H and O–H groups in total. The number of nitrogens with two attached hydrogens (primary N) is 1. The number of nitrogens with one attached hydrogen (secondary N) is 1. The number of rotatable bonds is 2. The fourth-order valence-corrected chi connectivity index (χ4v) is 3.81. The number of nitrogen functional groups attached to an aromatic ring is 1. The Morgan fingerprint density at radius 3 is 2.39 bits per heavy atom. The van der Waals surface area contributed by atoms with Crippen molar-refractivity contribution in [1.29, 1.82) is 0 Å². The Hall–Kier alpha value is -1.35. The minimum absolute atomic E-state index is 0.168. The number of hydrogen-bond acceptors (Lipinski definition) is 2. The maximum absolute atomic E-state index is 5.87. The van der Waals surface area contributed by atoms with E-state index in [2.05, 4.69) is 41.6 Å². The van der Waals surface area contributed by atoms with E-state index < -0.39 is 0 Å². The predicted molar refractivity (Wildman–Crippen MR) is 75.7 cm³/mol. The SMILES string of the molecule is Cc1ccc(C2(c3csc(N)[nH+]3)CCCC2)cc1. The zero-order valence-electron chi connectivity index (χ0n) is 10.7. The van der Waals surface area contributed by atoms with Crippen LogP contribution in [-0.2, 0) is 5.41 Å². The summed E-state index contributed by atoms with van der Waals surface area (Å²) in [6, 6.07) is 8.99. The third-order valence-corrected chi connectivity index (χ3v) is 4.85. The monoisotopic (exact) mass is 259 g/mol. The van der Waals surface area contributed by atoms with Gasteiger partial charge in [-0.1, -0.05) is 54.0 Å². The van der Waals surface area contributed by atoms with Gasteiger partial charge in [-0.3, -0.25) is 5.73 Å². The van der Waals surface area contributed by atoms with Crippen molar-refractivity contribution in [2.75, 3.05) is 5.73 Å². The average Bonchev–Trinajstić information content (AvgIpc) is 2.99. The standard InChI is InChI=1S/C15H18N2S/c1-11-4-6-12(7-5-11)15(8-2-3-9-15)13-10-18-14(16)17-13/h4-7,10H,2-3,8-9H2,1H3,(H2,16,17)/p+1. The van der Waals surface area contributed by atoms with Gasteiger partial charge in [0.1, 0.15) is 5.69 Å². The van der Waals surface area contributed by atoms with Crippen LogP contribution in [0, 0.1) is 6.92 Å². The number of aromatic amines is 1. The van der Waals surface area contributed by atoms with Crippen LogP contribution < -0.4 is 10.7 Å². The summed E-state index contributed by atoms with van der Waals surface area (Å²) in [4.78, 5) is 3.37. The van der Waals surface area contributed by atoms with E-state index in [0.717, 1.165) is 5.13 Å². The second kappa shape index (κ2) is 4.39. The molecule has 2 nitrogen and oxygen atoms in total. The molecule has 0 bridgehead atoms. The van der Waals surface area contributed by atoms with Crippen LogP contribution in [0.4, 0.5) is 5.13 Å². The van der Waals surface area contributed by atoms with Gasteiger partial charge in [0.25, 0.3) is 0 Å². The zero-order valence-corrected chi connectivity index (χ0v) is 11.5. The molecule has 18 heavy (non-hydrogen) atoms. The molecule has 1 aliphatic carbocycles. The molecule has 1 aromatic carbocycles. The van der Waals surface area contributed by atoms with Crippen molar-refractivity contribution in [3.8, 4) is 0 Å². The van der Waals surface area contributed by atoms with Gasteiger partial charge in [-0.05, 0) is 25.3 Å². The fourth-order valence-electron chi connectivity index (χ4n) is 3.11. The van der Waals surface area contributed by atoms with Crippen LogP contribution in [0.1, 0.15) is 42.5 Å². The lowest BCUT2D eigenvalue weighted by molar-refractivity contribution is -0.373. The van der Waals surface area contributed by atoms with E-state index in [1.807, 2.05) is 0 Å². The molecular formula is C15H19N2S+. The summed E-state index contributed by atoms with van der Waals surface area (Å²) >= 11 is 1.61. The highest BCUT2D eigenvalue weighted by atomic mass is 32.1. The van der Waals surface area contributed by atoms with Crippen LogP contribution >= 0.6 is 11.3 Å². The molecule has 0 radical (unpaired) electrons. The number of benzene rings is 1. The molecular weight excluding hydrogens is 240 g/mol. The summed E-state index contributed by atoms with van der Waals surface area (Å²) in [6.45, 7) is 2.14. The van der Waals surface area contributed by atoms with Gasteiger partial charge >= 0.3 is 5.13 Å². The number of H-pyrrole nitrogens is 1. The fraction of sp³-hybridized carbons (Fsp3) is 0.400. The maximum atomic E-state index is 5.87. The largest absolute Gasteiger partial charge is 0.329 e. The summed E-state index contributed by atoms with van der Waals surface area (Å²) < 4.78 is 0. The van der Waals surface area contributed by atoms with Gasteiger partial charge in [0, 0.05) is 5.38 Å². The Morgan fingerprint density at radius 1 is 1.17 bits per heavy atom. The first-order valence-electron chi connectivity index (χ1n) is 6.55. The molecule has 0 atom stereocenters. The maximum Gasteiger partial charge on any atom is 0.329 e. The van der Waals surface area contributed by atoms with Crippen molar-refractivity contribution in [2.45, 2.75) is 38.0 Å². The first kappa shape index (κ1) is 11.7. The van der Waals surface area contributed by atoms with Crippen LogP contribution in [0.2, 0.25) is 0 Å². The minimum atomic E-state index is 0.168.